The van der Waals surface area contributed by atoms with Crippen molar-refractivity contribution in [2.75, 3.05) is 13.2 Å². The smallest absolute Gasteiger partial charge is 0.335 e. The lowest BCUT2D eigenvalue weighted by molar-refractivity contribution is -0.301. The lowest BCUT2D eigenvalue weighted by atomic mass is 9.98. The molecule has 1 heterocycles. The third kappa shape index (κ3) is 45.9. The number of carboxylic acid groups (broad SMARTS) is 1. The van der Waals surface area contributed by atoms with E-state index in [1.54, 1.807) is 0 Å². The maximum atomic E-state index is 13.2. The van der Waals surface area contributed by atoms with Crippen LogP contribution in [0, 0.1) is 0 Å². The van der Waals surface area contributed by atoms with E-state index in [2.05, 4.69) is 20.8 Å². The summed E-state index contributed by atoms with van der Waals surface area (Å²) in [6.07, 6.45) is 50.6. The molecule has 0 spiro atoms. The fraction of sp³-hybridized carbons (Fsp3) is 0.940. The average molecular weight is 1120 g/mol. The molecular weight excluding hydrogens is 997 g/mol. The first-order chi connectivity index (χ1) is 38.6. The molecule has 12 nitrogen and oxygen atoms in total. The molecule has 0 saturated carbocycles. The molecule has 6 atom stereocenters. The van der Waals surface area contributed by atoms with Gasteiger partial charge in [0.25, 0.3) is 0 Å². The van der Waals surface area contributed by atoms with Crippen molar-refractivity contribution >= 4 is 23.9 Å². The minimum absolute atomic E-state index is 0.0707. The number of esters is 3. The zero-order valence-corrected chi connectivity index (χ0v) is 51.7. The molecule has 1 rings (SSSR count). The lowest BCUT2D eigenvalue weighted by Crippen LogP contribution is -2.61. The first-order valence-electron chi connectivity index (χ1n) is 34.0. The normalized spacial score (nSPS) is 17.7. The van der Waals surface area contributed by atoms with E-state index in [4.69, 9.17) is 23.7 Å². The molecule has 0 aromatic heterocycles. The van der Waals surface area contributed by atoms with Crippen LogP contribution in [0.1, 0.15) is 355 Å². The highest BCUT2D eigenvalue weighted by molar-refractivity contribution is 5.74. The Hall–Kier alpha value is -2.28. The van der Waals surface area contributed by atoms with Crippen molar-refractivity contribution in [1.29, 1.82) is 0 Å². The highest BCUT2D eigenvalue weighted by atomic mass is 16.7. The topological polar surface area (TPSA) is 175 Å². The summed E-state index contributed by atoms with van der Waals surface area (Å²) in [7, 11) is 0. The lowest BCUT2D eigenvalue weighted by Gasteiger charge is -2.40. The second-order valence-corrected chi connectivity index (χ2v) is 23.8. The van der Waals surface area contributed by atoms with Crippen molar-refractivity contribution in [2.24, 2.45) is 0 Å². The molecule has 1 aliphatic heterocycles. The van der Waals surface area contributed by atoms with Gasteiger partial charge in [0, 0.05) is 19.3 Å². The predicted molar refractivity (Wildman–Crippen MR) is 322 cm³/mol. The third-order valence-corrected chi connectivity index (χ3v) is 16.2. The highest BCUT2D eigenvalue weighted by Crippen LogP contribution is 2.27. The predicted octanol–water partition coefficient (Wildman–Crippen LogP) is 18.2. The molecule has 12 heteroatoms. The second kappa shape index (κ2) is 56.2. The monoisotopic (exact) mass is 1120 g/mol. The van der Waals surface area contributed by atoms with Gasteiger partial charge in [0.05, 0.1) is 6.61 Å². The Balaban J connectivity index is 2.60. The number of aliphatic hydroxyl groups is 2. The van der Waals surface area contributed by atoms with Crippen LogP contribution >= 0.6 is 0 Å². The second-order valence-electron chi connectivity index (χ2n) is 23.8. The standard InChI is InChI=1S/C67H126O12/c1-4-7-10-13-16-19-22-25-27-29-30-32-33-36-38-41-44-47-50-53-59(68)75-56-58(77-60(69)54-51-48-45-42-40-37-34-31-28-26-23-20-17-14-11-8-5-2)57-76-67-65(63(72)62(71)64(79-67)66(73)74)78-61(70)55-52-49-46-43-39-35-24-21-18-15-12-9-6-3/h58,62-65,67,71-72H,4-57H2,1-3H3,(H,73,74). The number of ether oxygens (including phenoxy) is 5. The number of unbranched alkanes of at least 4 members (excludes halogenated alkanes) is 46. The summed E-state index contributed by atoms with van der Waals surface area (Å²) in [6.45, 7) is 6.07. The third-order valence-electron chi connectivity index (χ3n) is 16.2. The summed E-state index contributed by atoms with van der Waals surface area (Å²) in [5.74, 6) is -3.06. The number of rotatable bonds is 60. The van der Waals surface area contributed by atoms with Gasteiger partial charge >= 0.3 is 23.9 Å². The zero-order valence-electron chi connectivity index (χ0n) is 51.7. The zero-order chi connectivity index (χ0) is 57.5. The quantitative estimate of drug-likeness (QED) is 0.0299. The summed E-state index contributed by atoms with van der Waals surface area (Å²) in [4.78, 5) is 51.3. The molecule has 0 aromatic rings. The number of aliphatic hydroxyl groups excluding tert-OH is 2. The maximum Gasteiger partial charge on any atom is 0.335 e. The minimum atomic E-state index is -1.89. The van der Waals surface area contributed by atoms with Crippen molar-refractivity contribution < 1.29 is 58.2 Å². The molecule has 0 radical (unpaired) electrons. The van der Waals surface area contributed by atoms with E-state index in [-0.39, 0.29) is 25.9 Å². The van der Waals surface area contributed by atoms with Crippen LogP contribution in [0.25, 0.3) is 0 Å². The highest BCUT2D eigenvalue weighted by Gasteiger charge is 2.50. The van der Waals surface area contributed by atoms with E-state index >= 15 is 0 Å². The summed E-state index contributed by atoms with van der Waals surface area (Å²) in [5.41, 5.74) is 0. The Morgan fingerprint density at radius 2 is 0.646 bits per heavy atom. The molecule has 0 amide bonds. The van der Waals surface area contributed by atoms with Gasteiger partial charge in [-0.2, -0.15) is 0 Å². The van der Waals surface area contributed by atoms with Crippen molar-refractivity contribution in [3.05, 3.63) is 0 Å². The van der Waals surface area contributed by atoms with E-state index in [9.17, 15) is 34.5 Å². The van der Waals surface area contributed by atoms with Crippen molar-refractivity contribution in [1.82, 2.24) is 0 Å². The number of aliphatic carboxylic acids is 1. The summed E-state index contributed by atoms with van der Waals surface area (Å²) in [5, 5.41) is 31.6. The van der Waals surface area contributed by atoms with Crippen LogP contribution in [0.5, 0.6) is 0 Å². The Morgan fingerprint density at radius 1 is 0.367 bits per heavy atom. The van der Waals surface area contributed by atoms with E-state index in [0.29, 0.717) is 19.3 Å². The van der Waals surface area contributed by atoms with E-state index < -0.39 is 67.3 Å². The van der Waals surface area contributed by atoms with Crippen LogP contribution in [0.3, 0.4) is 0 Å². The first kappa shape index (κ1) is 74.7. The molecule has 6 unspecified atom stereocenters. The molecule has 3 N–H and O–H groups in total. The molecule has 79 heavy (non-hydrogen) atoms. The summed E-state index contributed by atoms with van der Waals surface area (Å²) < 4.78 is 28.6. The molecule has 0 bridgehead atoms. The van der Waals surface area contributed by atoms with Crippen LogP contribution in [0.2, 0.25) is 0 Å². The Labute approximate surface area is 484 Å². The van der Waals surface area contributed by atoms with E-state index in [1.165, 1.54) is 238 Å². The fourth-order valence-corrected chi connectivity index (χ4v) is 11.0. The van der Waals surface area contributed by atoms with Gasteiger partial charge in [-0.1, -0.05) is 316 Å². The Morgan fingerprint density at radius 3 is 0.949 bits per heavy atom. The van der Waals surface area contributed by atoms with Crippen molar-refractivity contribution in [3.8, 4) is 0 Å². The molecular formula is C67H126O12. The van der Waals surface area contributed by atoms with Crippen LogP contribution in [-0.4, -0.2) is 89.2 Å². The first-order valence-corrected chi connectivity index (χ1v) is 34.0. The number of carboxylic acids is 1. The minimum Gasteiger partial charge on any atom is -0.479 e. The average Bonchev–Trinajstić information content (AvgIpc) is 3.44. The van der Waals surface area contributed by atoms with Gasteiger partial charge in [-0.15, -0.1) is 0 Å². The largest absolute Gasteiger partial charge is 0.479 e. The maximum absolute atomic E-state index is 13.2. The van der Waals surface area contributed by atoms with Crippen LogP contribution < -0.4 is 0 Å². The van der Waals surface area contributed by atoms with Crippen molar-refractivity contribution in [3.63, 3.8) is 0 Å². The van der Waals surface area contributed by atoms with E-state index in [0.717, 1.165) is 57.8 Å². The van der Waals surface area contributed by atoms with Gasteiger partial charge in [0.1, 0.15) is 18.8 Å². The van der Waals surface area contributed by atoms with Crippen LogP contribution in [-0.2, 0) is 42.9 Å². The molecule has 466 valence electrons. The molecule has 0 aromatic carbocycles. The van der Waals surface area contributed by atoms with Crippen LogP contribution in [0.4, 0.5) is 0 Å². The number of hydrogen-bond acceptors (Lipinski definition) is 11. The molecule has 1 aliphatic rings. The fourth-order valence-electron chi connectivity index (χ4n) is 11.0. The van der Waals surface area contributed by atoms with Gasteiger partial charge < -0.3 is 39.0 Å². The van der Waals surface area contributed by atoms with Crippen molar-refractivity contribution in [2.45, 2.75) is 391 Å². The Kier molecular flexibility index (Phi) is 53.2. The Bertz CT molecular complexity index is 1380. The van der Waals surface area contributed by atoms with Gasteiger partial charge in [-0.3, -0.25) is 14.4 Å². The molecule has 0 aliphatic carbocycles. The van der Waals surface area contributed by atoms with Gasteiger partial charge in [0.15, 0.2) is 24.6 Å². The SMILES string of the molecule is CCCCCCCCCCCCCCCCCCCCCC(=O)OCC(COC1OC(C(=O)O)C(O)C(O)C1OC(=O)CCCCCCCCCCCCCCC)OC(=O)CCCCCCCCCCCCCCCCCCC. The molecule has 1 saturated heterocycles. The van der Waals surface area contributed by atoms with Gasteiger partial charge in [0.2, 0.25) is 0 Å². The number of carbonyl (C=O) groups excluding carboxylic acids is 3. The van der Waals surface area contributed by atoms with Gasteiger partial charge in [-0.25, -0.2) is 4.79 Å². The summed E-state index contributed by atoms with van der Waals surface area (Å²) in [6, 6.07) is 0. The van der Waals surface area contributed by atoms with E-state index in [1.807, 2.05) is 0 Å². The van der Waals surface area contributed by atoms with Crippen LogP contribution in [0.15, 0.2) is 0 Å². The van der Waals surface area contributed by atoms with Gasteiger partial charge in [-0.05, 0) is 19.3 Å². The number of carbonyl (C=O) groups is 4. The summed E-state index contributed by atoms with van der Waals surface area (Å²) >= 11 is 0. The number of hydrogen-bond donors (Lipinski definition) is 3. The molecule has 1 fully saturated rings.